The first-order valence-corrected chi connectivity index (χ1v) is 5.19. The number of ether oxygens (including phenoxy) is 2. The van der Waals surface area contributed by atoms with Crippen LogP contribution in [0, 0.1) is 0 Å². The maximum atomic E-state index is 5.74. The largest absolute Gasteiger partial charge is 0.375 e. The van der Waals surface area contributed by atoms with Gasteiger partial charge in [-0.3, -0.25) is 0 Å². The maximum absolute atomic E-state index is 5.74. The first-order valence-electron chi connectivity index (χ1n) is 5.19. The highest BCUT2D eigenvalue weighted by molar-refractivity contribution is 5.25. The molecule has 2 nitrogen and oxygen atoms in total. The van der Waals surface area contributed by atoms with Crippen LogP contribution in [0.3, 0.4) is 0 Å². The normalized spacial score (nSPS) is 26.1. The van der Waals surface area contributed by atoms with Gasteiger partial charge in [-0.2, -0.15) is 0 Å². The van der Waals surface area contributed by atoms with Crippen LogP contribution in [0.2, 0.25) is 0 Å². The quantitative estimate of drug-likeness (QED) is 0.690. The van der Waals surface area contributed by atoms with E-state index in [1.54, 1.807) is 7.11 Å². The van der Waals surface area contributed by atoms with Crippen molar-refractivity contribution in [1.29, 1.82) is 0 Å². The molecule has 0 fully saturated rings. The fourth-order valence-electron chi connectivity index (χ4n) is 1.81. The summed E-state index contributed by atoms with van der Waals surface area (Å²) in [6.45, 7) is 2.73. The third kappa shape index (κ3) is 2.28. The van der Waals surface area contributed by atoms with Crippen LogP contribution in [0.15, 0.2) is 42.0 Å². The molecule has 80 valence electrons. The summed E-state index contributed by atoms with van der Waals surface area (Å²) in [5.41, 5.74) is 2.45. The lowest BCUT2D eigenvalue weighted by Crippen LogP contribution is -2.25. The second-order valence-electron chi connectivity index (χ2n) is 3.80. The third-order valence-corrected chi connectivity index (χ3v) is 2.76. The summed E-state index contributed by atoms with van der Waals surface area (Å²) in [6, 6.07) is 10.2. The molecule has 0 radical (unpaired) electrons. The molecule has 0 saturated carbocycles. The van der Waals surface area contributed by atoms with Crippen molar-refractivity contribution in [2.24, 2.45) is 0 Å². The Hall–Kier alpha value is -1.12. The van der Waals surface area contributed by atoms with E-state index in [4.69, 9.17) is 9.47 Å². The molecule has 0 bridgehead atoms. The Labute approximate surface area is 90.5 Å². The number of benzene rings is 1. The van der Waals surface area contributed by atoms with Gasteiger partial charge in [0, 0.05) is 7.11 Å². The van der Waals surface area contributed by atoms with Gasteiger partial charge < -0.3 is 9.47 Å². The zero-order valence-corrected chi connectivity index (χ0v) is 9.14. The molecule has 2 heteroatoms. The van der Waals surface area contributed by atoms with Crippen LogP contribution in [0.1, 0.15) is 18.6 Å². The predicted octanol–water partition coefficient (Wildman–Crippen LogP) is 2.72. The predicted molar refractivity (Wildman–Crippen MR) is 59.7 cm³/mol. The minimum atomic E-state index is 0.0811. The highest BCUT2D eigenvalue weighted by Gasteiger charge is 2.21. The molecule has 0 amide bonds. The molecular formula is C13H16O2. The van der Waals surface area contributed by atoms with E-state index in [0.29, 0.717) is 6.61 Å². The number of methoxy groups -OCH3 is 1. The van der Waals surface area contributed by atoms with E-state index in [2.05, 4.69) is 25.1 Å². The highest BCUT2D eigenvalue weighted by Crippen LogP contribution is 2.26. The van der Waals surface area contributed by atoms with Crippen molar-refractivity contribution >= 4 is 0 Å². The lowest BCUT2D eigenvalue weighted by atomic mass is 10.0. The van der Waals surface area contributed by atoms with Crippen LogP contribution in [-0.4, -0.2) is 19.8 Å². The minimum Gasteiger partial charge on any atom is -0.375 e. The van der Waals surface area contributed by atoms with Gasteiger partial charge in [-0.1, -0.05) is 30.3 Å². The molecule has 1 aromatic carbocycles. The Morgan fingerprint density at radius 2 is 2.00 bits per heavy atom. The van der Waals surface area contributed by atoms with Gasteiger partial charge in [0.25, 0.3) is 0 Å². The maximum Gasteiger partial charge on any atom is 0.101 e. The molecule has 1 aromatic rings. The first kappa shape index (κ1) is 10.4. The summed E-state index contributed by atoms with van der Waals surface area (Å²) in [5, 5.41) is 0. The van der Waals surface area contributed by atoms with E-state index in [0.717, 1.165) is 0 Å². The van der Waals surface area contributed by atoms with Crippen LogP contribution in [0.25, 0.3) is 0 Å². The van der Waals surface area contributed by atoms with Crippen LogP contribution in [0.4, 0.5) is 0 Å². The Kier molecular flexibility index (Phi) is 3.19. The lowest BCUT2D eigenvalue weighted by molar-refractivity contribution is -0.0112. The van der Waals surface area contributed by atoms with Crippen molar-refractivity contribution in [2.75, 3.05) is 13.7 Å². The molecule has 0 N–H and O–H groups in total. The Morgan fingerprint density at radius 3 is 2.60 bits per heavy atom. The van der Waals surface area contributed by atoms with Gasteiger partial charge in [-0.05, 0) is 24.1 Å². The Balaban J connectivity index is 2.17. The van der Waals surface area contributed by atoms with E-state index in [1.165, 1.54) is 11.1 Å². The van der Waals surface area contributed by atoms with Gasteiger partial charge >= 0.3 is 0 Å². The zero-order chi connectivity index (χ0) is 10.7. The monoisotopic (exact) mass is 204 g/mol. The summed E-state index contributed by atoms with van der Waals surface area (Å²) in [6.07, 6.45) is 2.33. The van der Waals surface area contributed by atoms with Crippen molar-refractivity contribution in [3.63, 3.8) is 0 Å². The molecule has 1 aliphatic rings. The van der Waals surface area contributed by atoms with Gasteiger partial charge in [0.2, 0.25) is 0 Å². The summed E-state index contributed by atoms with van der Waals surface area (Å²) >= 11 is 0. The highest BCUT2D eigenvalue weighted by atomic mass is 16.5. The number of hydrogen-bond acceptors (Lipinski definition) is 2. The summed E-state index contributed by atoms with van der Waals surface area (Å²) in [4.78, 5) is 0. The van der Waals surface area contributed by atoms with E-state index in [-0.39, 0.29) is 12.2 Å². The average molecular weight is 204 g/mol. The van der Waals surface area contributed by atoms with E-state index in [1.807, 2.05) is 18.2 Å². The second kappa shape index (κ2) is 4.60. The van der Waals surface area contributed by atoms with Crippen molar-refractivity contribution in [3.05, 3.63) is 47.5 Å². The zero-order valence-electron chi connectivity index (χ0n) is 9.14. The van der Waals surface area contributed by atoms with Gasteiger partial charge in [-0.15, -0.1) is 0 Å². The molecule has 0 spiro atoms. The van der Waals surface area contributed by atoms with E-state index in [9.17, 15) is 0 Å². The van der Waals surface area contributed by atoms with Gasteiger partial charge in [0.05, 0.1) is 6.61 Å². The van der Waals surface area contributed by atoms with Crippen LogP contribution in [-0.2, 0) is 9.47 Å². The van der Waals surface area contributed by atoms with Crippen LogP contribution in [0.5, 0.6) is 0 Å². The molecule has 0 aliphatic carbocycles. The molecule has 15 heavy (non-hydrogen) atoms. The summed E-state index contributed by atoms with van der Waals surface area (Å²) < 4.78 is 11.0. The molecule has 0 saturated heterocycles. The molecular weight excluding hydrogens is 188 g/mol. The lowest BCUT2D eigenvalue weighted by Gasteiger charge is -2.26. The van der Waals surface area contributed by atoms with Crippen molar-refractivity contribution in [2.45, 2.75) is 19.1 Å². The van der Waals surface area contributed by atoms with E-state index >= 15 is 0 Å². The standard InChI is InChI=1S/C13H16O2/c1-10-8-12(15-9-13(10)14-2)11-6-4-3-5-7-11/h3-8,12-13H,9H2,1-2H3/t12-,13-/m0/s1. The molecule has 1 aliphatic heterocycles. The Bertz CT molecular complexity index is 343. The summed E-state index contributed by atoms with van der Waals surface area (Å²) in [5.74, 6) is 0. The molecule has 0 aromatic heterocycles. The average Bonchev–Trinajstić information content (AvgIpc) is 2.30. The van der Waals surface area contributed by atoms with Gasteiger partial charge in [0.1, 0.15) is 12.2 Å². The molecule has 2 rings (SSSR count). The smallest absolute Gasteiger partial charge is 0.101 e. The SMILES string of the molecule is CO[C@H]1CO[C@H](c2ccccc2)C=C1C. The van der Waals surface area contributed by atoms with Crippen LogP contribution >= 0.6 is 0 Å². The fourth-order valence-corrected chi connectivity index (χ4v) is 1.81. The minimum absolute atomic E-state index is 0.0811. The van der Waals surface area contributed by atoms with Crippen molar-refractivity contribution in [1.82, 2.24) is 0 Å². The third-order valence-electron chi connectivity index (χ3n) is 2.76. The number of rotatable bonds is 2. The van der Waals surface area contributed by atoms with Crippen molar-refractivity contribution in [3.8, 4) is 0 Å². The van der Waals surface area contributed by atoms with Gasteiger partial charge in [-0.25, -0.2) is 0 Å². The number of hydrogen-bond donors (Lipinski definition) is 0. The van der Waals surface area contributed by atoms with E-state index < -0.39 is 0 Å². The molecule has 2 atom stereocenters. The topological polar surface area (TPSA) is 18.5 Å². The second-order valence-corrected chi connectivity index (χ2v) is 3.80. The Morgan fingerprint density at radius 1 is 1.27 bits per heavy atom. The van der Waals surface area contributed by atoms with Crippen LogP contribution < -0.4 is 0 Å². The molecule has 1 heterocycles. The fraction of sp³-hybridized carbons (Fsp3) is 0.385. The van der Waals surface area contributed by atoms with Gasteiger partial charge in [0.15, 0.2) is 0 Å². The molecule has 0 unspecified atom stereocenters. The van der Waals surface area contributed by atoms with Crippen molar-refractivity contribution < 1.29 is 9.47 Å². The summed E-state index contributed by atoms with van der Waals surface area (Å²) in [7, 11) is 1.72. The first-order chi connectivity index (χ1) is 7.31.